The van der Waals surface area contributed by atoms with E-state index in [0.29, 0.717) is 5.57 Å². The summed E-state index contributed by atoms with van der Waals surface area (Å²) in [5.41, 5.74) is 0.481. The molecule has 0 atom stereocenters. The van der Waals surface area contributed by atoms with Crippen LogP contribution in [0.4, 0.5) is 0 Å². The highest BCUT2D eigenvalue weighted by Gasteiger charge is 2.17. The van der Waals surface area contributed by atoms with Crippen molar-refractivity contribution in [2.45, 2.75) is 6.92 Å². The molecule has 0 aromatic rings. The lowest BCUT2D eigenvalue weighted by atomic mass is 10.3. The standard InChI is InChI=1S/2C5H5NO2/c1-6-4(7)2-3-5(6)8;1-3-2-4(7)6-5(3)8/h2-3H,1H3;2H,1H3,(H,6,7,8). The molecule has 2 aliphatic heterocycles. The largest absolute Gasteiger partial charge is 0.289 e. The van der Waals surface area contributed by atoms with Gasteiger partial charge < -0.3 is 0 Å². The summed E-state index contributed by atoms with van der Waals surface area (Å²) >= 11 is 0. The van der Waals surface area contributed by atoms with Gasteiger partial charge in [0.15, 0.2) is 0 Å². The van der Waals surface area contributed by atoms with Crippen LogP contribution in [-0.2, 0) is 19.2 Å². The summed E-state index contributed by atoms with van der Waals surface area (Å²) in [6.45, 7) is 1.60. The summed E-state index contributed by atoms with van der Waals surface area (Å²) in [4.78, 5) is 42.5. The first kappa shape index (κ1) is 11.8. The number of carbonyl (C=O) groups excluding carboxylic acids is 4. The Morgan fingerprint density at radius 2 is 1.56 bits per heavy atom. The number of rotatable bonds is 0. The first-order valence-electron chi connectivity index (χ1n) is 4.45. The van der Waals surface area contributed by atoms with Gasteiger partial charge in [-0.2, -0.15) is 0 Å². The minimum absolute atomic E-state index is 0.241. The topological polar surface area (TPSA) is 83.6 Å². The highest BCUT2D eigenvalue weighted by atomic mass is 16.2. The lowest BCUT2D eigenvalue weighted by Crippen LogP contribution is -2.24. The average molecular weight is 222 g/mol. The zero-order valence-corrected chi connectivity index (χ0v) is 8.81. The molecule has 0 saturated heterocycles. The minimum Gasteiger partial charge on any atom is -0.289 e. The Kier molecular flexibility index (Phi) is 3.34. The smallest absolute Gasteiger partial charge is 0.253 e. The molecule has 4 amide bonds. The fourth-order valence-electron chi connectivity index (χ4n) is 0.984. The third-order valence-electron chi connectivity index (χ3n) is 1.97. The fraction of sp³-hybridized carbons (Fsp3) is 0.200. The van der Waals surface area contributed by atoms with Gasteiger partial charge in [-0.15, -0.1) is 0 Å². The molecule has 84 valence electrons. The van der Waals surface area contributed by atoms with Crippen LogP contribution in [0.5, 0.6) is 0 Å². The van der Waals surface area contributed by atoms with Gasteiger partial charge in [-0.1, -0.05) is 0 Å². The number of hydrogen-bond donors (Lipinski definition) is 1. The minimum atomic E-state index is -0.312. The Morgan fingerprint density at radius 3 is 1.69 bits per heavy atom. The monoisotopic (exact) mass is 222 g/mol. The Labute approximate surface area is 91.6 Å². The molecule has 2 aliphatic rings. The quantitative estimate of drug-likeness (QED) is 0.540. The molecule has 1 N–H and O–H groups in total. The van der Waals surface area contributed by atoms with Crippen molar-refractivity contribution >= 4 is 23.6 Å². The number of nitrogens with zero attached hydrogens (tertiary/aromatic N) is 1. The second-order valence-corrected chi connectivity index (χ2v) is 3.21. The van der Waals surface area contributed by atoms with Crippen molar-refractivity contribution < 1.29 is 19.2 Å². The second-order valence-electron chi connectivity index (χ2n) is 3.21. The van der Waals surface area contributed by atoms with Crippen LogP contribution < -0.4 is 5.32 Å². The molecule has 0 radical (unpaired) electrons. The third kappa shape index (κ3) is 2.63. The van der Waals surface area contributed by atoms with Gasteiger partial charge in [0.2, 0.25) is 0 Å². The highest BCUT2D eigenvalue weighted by molar-refractivity contribution is 6.15. The summed E-state index contributed by atoms with van der Waals surface area (Å²) in [5.74, 6) is -1.08. The third-order valence-corrected chi connectivity index (χ3v) is 1.97. The van der Waals surface area contributed by atoms with Crippen molar-refractivity contribution in [1.29, 1.82) is 0 Å². The van der Waals surface area contributed by atoms with Crippen molar-refractivity contribution in [3.8, 4) is 0 Å². The molecule has 0 bridgehead atoms. The van der Waals surface area contributed by atoms with E-state index in [2.05, 4.69) is 5.32 Å². The number of imide groups is 2. The maximum absolute atomic E-state index is 10.4. The lowest BCUT2D eigenvalue weighted by Gasteiger charge is -2.01. The van der Waals surface area contributed by atoms with Gasteiger partial charge in [0.25, 0.3) is 23.6 Å². The second kappa shape index (κ2) is 4.52. The van der Waals surface area contributed by atoms with E-state index < -0.39 is 0 Å². The SMILES string of the molecule is CC1=CC(=O)NC1=O.CN1C(=O)C=CC1=O. The number of carbonyl (C=O) groups is 4. The van der Waals surface area contributed by atoms with Crippen LogP contribution in [0.2, 0.25) is 0 Å². The van der Waals surface area contributed by atoms with Crippen LogP contribution in [-0.4, -0.2) is 35.6 Å². The van der Waals surface area contributed by atoms with Crippen molar-refractivity contribution in [2.75, 3.05) is 7.05 Å². The van der Waals surface area contributed by atoms with Crippen LogP contribution in [0.1, 0.15) is 6.92 Å². The van der Waals surface area contributed by atoms with Crippen molar-refractivity contribution in [3.05, 3.63) is 23.8 Å². The molecule has 6 nitrogen and oxygen atoms in total. The molecule has 0 saturated carbocycles. The van der Waals surface area contributed by atoms with E-state index in [1.54, 1.807) is 6.92 Å². The summed E-state index contributed by atoms with van der Waals surface area (Å²) < 4.78 is 0. The van der Waals surface area contributed by atoms with E-state index in [4.69, 9.17) is 0 Å². The number of hydrogen-bond acceptors (Lipinski definition) is 4. The summed E-state index contributed by atoms with van der Waals surface area (Å²) in [5, 5.41) is 2.10. The zero-order chi connectivity index (χ0) is 12.3. The Hall–Kier alpha value is -2.24. The zero-order valence-electron chi connectivity index (χ0n) is 8.81. The van der Waals surface area contributed by atoms with Gasteiger partial charge in [-0.25, -0.2) is 0 Å². The first-order chi connectivity index (χ1) is 7.41. The molecule has 0 aromatic heterocycles. The van der Waals surface area contributed by atoms with Gasteiger partial charge in [0.1, 0.15) is 0 Å². The van der Waals surface area contributed by atoms with Crippen LogP contribution in [0.15, 0.2) is 23.8 Å². The molecule has 2 rings (SSSR count). The van der Waals surface area contributed by atoms with Crippen LogP contribution in [0, 0.1) is 0 Å². The molecule has 0 aromatic carbocycles. The van der Waals surface area contributed by atoms with E-state index in [1.165, 1.54) is 25.3 Å². The number of likely N-dealkylation sites (N-methyl/N-ethyl adjacent to an activating group) is 1. The van der Waals surface area contributed by atoms with Gasteiger partial charge in [0, 0.05) is 30.8 Å². The maximum atomic E-state index is 10.4. The van der Waals surface area contributed by atoms with E-state index in [9.17, 15) is 19.2 Å². The van der Waals surface area contributed by atoms with Gasteiger partial charge in [0.05, 0.1) is 0 Å². The summed E-state index contributed by atoms with van der Waals surface area (Å²) in [6, 6.07) is 0. The van der Waals surface area contributed by atoms with E-state index in [-0.39, 0.29) is 23.6 Å². The molecule has 0 aliphatic carbocycles. The van der Waals surface area contributed by atoms with Crippen LogP contribution >= 0.6 is 0 Å². The number of amides is 4. The predicted molar refractivity (Wildman–Crippen MR) is 53.8 cm³/mol. The van der Waals surface area contributed by atoms with Crippen molar-refractivity contribution in [2.24, 2.45) is 0 Å². The molecule has 0 unspecified atom stereocenters. The average Bonchev–Trinajstić information content (AvgIpc) is 2.65. The van der Waals surface area contributed by atoms with E-state index >= 15 is 0 Å². The predicted octanol–water partition coefficient (Wildman–Crippen LogP) is -0.870. The molecule has 6 heteroatoms. The molecular formula is C10H10N2O4. The Bertz CT molecular complexity index is 413. The van der Waals surface area contributed by atoms with Crippen molar-refractivity contribution in [3.63, 3.8) is 0 Å². The Morgan fingerprint density at radius 1 is 1.06 bits per heavy atom. The van der Waals surface area contributed by atoms with Crippen LogP contribution in [0.3, 0.4) is 0 Å². The maximum Gasteiger partial charge on any atom is 0.253 e. The lowest BCUT2D eigenvalue weighted by molar-refractivity contribution is -0.135. The van der Waals surface area contributed by atoms with Crippen LogP contribution in [0.25, 0.3) is 0 Å². The van der Waals surface area contributed by atoms with E-state index in [0.717, 1.165) is 4.90 Å². The highest BCUT2D eigenvalue weighted by Crippen LogP contribution is 1.98. The molecule has 0 spiro atoms. The summed E-state index contributed by atoms with van der Waals surface area (Å²) in [6.07, 6.45) is 3.78. The number of nitrogens with one attached hydrogen (secondary N) is 1. The van der Waals surface area contributed by atoms with Gasteiger partial charge in [-0.3, -0.25) is 29.4 Å². The van der Waals surface area contributed by atoms with E-state index in [1.807, 2.05) is 0 Å². The first-order valence-corrected chi connectivity index (χ1v) is 4.45. The molecule has 16 heavy (non-hydrogen) atoms. The Balaban J connectivity index is 0.000000160. The molecule has 2 heterocycles. The van der Waals surface area contributed by atoms with Gasteiger partial charge >= 0.3 is 0 Å². The molecular weight excluding hydrogens is 212 g/mol. The van der Waals surface area contributed by atoms with Crippen molar-refractivity contribution in [1.82, 2.24) is 10.2 Å². The summed E-state index contributed by atoms with van der Waals surface area (Å²) in [7, 11) is 1.45. The normalized spacial score (nSPS) is 18.4. The fourth-order valence-corrected chi connectivity index (χ4v) is 0.984. The molecule has 0 fully saturated rings. The van der Waals surface area contributed by atoms with Gasteiger partial charge in [-0.05, 0) is 6.92 Å².